The molecular formula is C72H122O21S. The largest absolute Gasteiger partial charge is 0.491 e. The lowest BCUT2D eigenvalue weighted by atomic mass is 10.0. The van der Waals surface area contributed by atoms with E-state index in [1.165, 1.54) is 5.56 Å². The lowest BCUT2D eigenvalue weighted by molar-refractivity contribution is -0.0755. The summed E-state index contributed by atoms with van der Waals surface area (Å²) < 4.78 is 114. The first-order chi connectivity index (χ1) is 45.0. The van der Waals surface area contributed by atoms with Crippen LogP contribution in [0.2, 0.25) is 0 Å². The number of methoxy groups -OCH3 is 9. The summed E-state index contributed by atoms with van der Waals surface area (Å²) in [7, 11) is 14.9. The van der Waals surface area contributed by atoms with Crippen molar-refractivity contribution >= 4 is 13.5 Å². The third-order valence-corrected chi connectivity index (χ3v) is 12.2. The highest BCUT2D eigenvalue weighted by atomic mass is 32.1. The second-order valence-electron chi connectivity index (χ2n) is 23.0. The van der Waals surface area contributed by atoms with Gasteiger partial charge in [-0.05, 0) is 107 Å². The molecular weight excluding hydrogens is 1230 g/mol. The fraction of sp³-hybridized carbons (Fsp3) is 0.667. The van der Waals surface area contributed by atoms with Crippen molar-refractivity contribution < 1.29 is 99.5 Å². The first-order valence-electron chi connectivity index (χ1n) is 32.4. The minimum Gasteiger partial charge on any atom is -0.491 e. The fourth-order valence-electron chi connectivity index (χ4n) is 7.97. The van der Waals surface area contributed by atoms with Gasteiger partial charge in [-0.2, -0.15) is 13.5 Å². The van der Waals surface area contributed by atoms with Crippen molar-refractivity contribution in [3.63, 3.8) is 0 Å². The zero-order valence-electron chi connectivity index (χ0n) is 60.3. The maximum atomic E-state index is 6.31. The Morgan fingerprint density at radius 2 is 0.457 bits per heavy atom. The molecule has 0 heterocycles. The molecule has 22 heteroatoms. The van der Waals surface area contributed by atoms with Gasteiger partial charge >= 0.3 is 0 Å². The van der Waals surface area contributed by atoms with E-state index >= 15 is 0 Å². The summed E-state index contributed by atoms with van der Waals surface area (Å²) in [6, 6.07) is 23.6. The van der Waals surface area contributed by atoms with Gasteiger partial charge in [-0.15, -0.1) is 0 Å². The molecule has 542 valence electrons. The molecule has 0 amide bonds. The highest BCUT2D eigenvalue weighted by Crippen LogP contribution is 2.31. The summed E-state index contributed by atoms with van der Waals surface area (Å²) in [5, 5.41) is 0. The Balaban J connectivity index is 0.00000148. The highest BCUT2D eigenvalue weighted by Gasteiger charge is 2.14. The third-order valence-electron chi connectivity index (χ3n) is 12.2. The van der Waals surface area contributed by atoms with Crippen molar-refractivity contribution in [3.05, 3.63) is 95.1 Å². The summed E-state index contributed by atoms with van der Waals surface area (Å²) in [6.45, 7) is 30.2. The van der Waals surface area contributed by atoms with Gasteiger partial charge in [0.05, 0.1) is 92.5 Å². The smallest absolute Gasteiger partial charge is 0.123 e. The van der Waals surface area contributed by atoms with E-state index < -0.39 is 0 Å². The lowest BCUT2D eigenvalue weighted by Gasteiger charge is -2.19. The van der Waals surface area contributed by atoms with Crippen LogP contribution < -0.4 is 37.9 Å². The lowest BCUT2D eigenvalue weighted by Crippen LogP contribution is -2.28. The van der Waals surface area contributed by atoms with Crippen molar-refractivity contribution in [3.8, 4) is 46.0 Å². The molecule has 0 spiro atoms. The maximum absolute atomic E-state index is 6.31. The van der Waals surface area contributed by atoms with Gasteiger partial charge in [0.15, 0.2) is 0 Å². The van der Waals surface area contributed by atoms with Gasteiger partial charge < -0.3 is 99.5 Å². The van der Waals surface area contributed by atoms with Crippen LogP contribution in [0.1, 0.15) is 77.6 Å². The molecule has 0 unspecified atom stereocenters. The second kappa shape index (κ2) is 60.5. The molecule has 0 fully saturated rings. The molecule has 4 rings (SSSR count). The van der Waals surface area contributed by atoms with E-state index in [1.807, 2.05) is 48.5 Å². The molecule has 94 heavy (non-hydrogen) atoms. The van der Waals surface area contributed by atoms with Crippen LogP contribution in [-0.2, 0) is 87.6 Å². The van der Waals surface area contributed by atoms with E-state index in [0.717, 1.165) is 47.6 Å². The van der Waals surface area contributed by atoms with Crippen LogP contribution in [0.5, 0.6) is 46.0 Å². The van der Waals surface area contributed by atoms with Crippen molar-refractivity contribution in [2.75, 3.05) is 209 Å². The van der Waals surface area contributed by atoms with Gasteiger partial charge in [0.25, 0.3) is 0 Å². The van der Waals surface area contributed by atoms with Crippen LogP contribution >= 0.6 is 13.5 Å². The summed E-state index contributed by atoms with van der Waals surface area (Å²) in [5.74, 6) is 7.99. The number of benzene rings is 4. The summed E-state index contributed by atoms with van der Waals surface area (Å²) in [5.41, 5.74) is 4.17. The highest BCUT2D eigenvalue weighted by molar-refractivity contribution is 7.59. The van der Waals surface area contributed by atoms with Crippen molar-refractivity contribution in [1.82, 2.24) is 0 Å². The minimum atomic E-state index is -0.0267. The minimum absolute atomic E-state index is 0. The molecule has 0 aliphatic rings. The quantitative estimate of drug-likeness (QED) is 0.0378. The number of hydrogen-bond donors (Lipinski definition) is 0. The number of hydrogen-bond acceptors (Lipinski definition) is 21. The van der Waals surface area contributed by atoms with Crippen LogP contribution in [0.25, 0.3) is 0 Å². The standard InChI is InChI=1S/C36H50O10.C16H26O4.C13H28O5.C7H16O2.H2S/c1-27(2)15-28-16-35(45-25-29-18-31(41-11-7-37-3)22-32(19-29)42-12-8-38-4)24-36(17-28)46-26-30-20-33(43-13-9-39-5)23-34(21-30)44-14-10-40-6;1-13(2)9-14-10-15(19-7-5-17-3)12-16(11-14)20-8-6-18-4;1-12(2)9-18-13(10-16-7-5-14-3)11-17-8-6-15-4;1-7(2)6-9-5-4-8-3;/h16-24,27H,7-15,25-26H2,1-6H3;10-13H,5-9H2,1-4H3;12-13H,5-11H2,1-4H3;7H,4-6H2,1-3H3;1H2. The Hall–Kier alpha value is -4.89. The molecule has 0 saturated carbocycles. The zero-order chi connectivity index (χ0) is 68.5. The van der Waals surface area contributed by atoms with E-state index in [0.29, 0.717) is 210 Å². The van der Waals surface area contributed by atoms with Gasteiger partial charge in [-0.1, -0.05) is 55.4 Å². The van der Waals surface area contributed by atoms with Gasteiger partial charge in [0.1, 0.15) is 105 Å². The van der Waals surface area contributed by atoms with Gasteiger partial charge in [0, 0.05) is 101 Å². The Kier molecular flexibility index (Phi) is 57.4. The van der Waals surface area contributed by atoms with Crippen LogP contribution in [0.15, 0.2) is 72.8 Å². The second-order valence-corrected chi connectivity index (χ2v) is 23.0. The Labute approximate surface area is 572 Å². The van der Waals surface area contributed by atoms with E-state index in [-0.39, 0.29) is 19.6 Å². The first kappa shape index (κ1) is 89.1. The van der Waals surface area contributed by atoms with Crippen LogP contribution in [-0.4, -0.2) is 215 Å². The van der Waals surface area contributed by atoms with Crippen LogP contribution in [0.4, 0.5) is 0 Å². The molecule has 0 bridgehead atoms. The van der Waals surface area contributed by atoms with E-state index in [9.17, 15) is 0 Å². The fourth-order valence-corrected chi connectivity index (χ4v) is 7.97. The summed E-state index contributed by atoms with van der Waals surface area (Å²) in [6.07, 6.45) is 1.86. The predicted octanol–water partition coefficient (Wildman–Crippen LogP) is 11.9. The first-order valence-corrected chi connectivity index (χ1v) is 32.4. The molecule has 0 aliphatic heterocycles. The number of ether oxygens (including phenoxy) is 21. The van der Waals surface area contributed by atoms with Crippen LogP contribution in [0, 0.1) is 23.7 Å². The molecule has 0 N–H and O–H groups in total. The zero-order valence-corrected chi connectivity index (χ0v) is 61.3. The molecule has 0 atom stereocenters. The normalized spacial score (nSPS) is 11.0. The SMILES string of the molecule is COCCOCC(C)C.COCCOCC(COCCOC)OCC(C)C.COCCOc1cc(CC(C)C)cc(OCCOC)c1.COCCOc1cc(COc2cc(CC(C)C)cc(OCc3cc(OCCOC)cc(OCCOC)c3)c2)cc(OCCOC)c1.S. The van der Waals surface area contributed by atoms with Crippen molar-refractivity contribution in [2.45, 2.75) is 87.5 Å². The number of rotatable bonds is 52. The third kappa shape index (κ3) is 49.6. The van der Waals surface area contributed by atoms with Crippen molar-refractivity contribution in [1.29, 1.82) is 0 Å². The Bertz CT molecular complexity index is 2170. The predicted molar refractivity (Wildman–Crippen MR) is 374 cm³/mol. The molecule has 0 saturated heterocycles. The summed E-state index contributed by atoms with van der Waals surface area (Å²) >= 11 is 0. The molecule has 0 radical (unpaired) electrons. The topological polar surface area (TPSA) is 194 Å². The van der Waals surface area contributed by atoms with Crippen molar-refractivity contribution in [2.24, 2.45) is 23.7 Å². The molecule has 0 aliphatic carbocycles. The molecule has 21 nitrogen and oxygen atoms in total. The van der Waals surface area contributed by atoms with E-state index in [4.69, 9.17) is 99.5 Å². The van der Waals surface area contributed by atoms with E-state index in [1.54, 1.807) is 64.0 Å². The van der Waals surface area contributed by atoms with Crippen LogP contribution in [0.3, 0.4) is 0 Å². The average molecular weight is 1360 g/mol. The summed E-state index contributed by atoms with van der Waals surface area (Å²) in [4.78, 5) is 0. The maximum Gasteiger partial charge on any atom is 0.123 e. The molecule has 0 aromatic heterocycles. The Morgan fingerprint density at radius 1 is 0.234 bits per heavy atom. The average Bonchev–Trinajstić information content (AvgIpc) is 1.01. The van der Waals surface area contributed by atoms with Gasteiger partial charge in [-0.25, -0.2) is 0 Å². The monoisotopic (exact) mass is 1350 g/mol. The molecule has 4 aromatic carbocycles. The Morgan fingerprint density at radius 3 is 0.691 bits per heavy atom. The van der Waals surface area contributed by atoms with Gasteiger partial charge in [0.2, 0.25) is 0 Å². The van der Waals surface area contributed by atoms with Gasteiger partial charge in [-0.3, -0.25) is 0 Å². The molecule has 4 aromatic rings. The van der Waals surface area contributed by atoms with E-state index in [2.05, 4.69) is 79.7 Å².